The zero-order valence-electron chi connectivity index (χ0n) is 16.6. The van der Waals surface area contributed by atoms with Crippen LogP contribution in [0.5, 0.6) is 0 Å². The summed E-state index contributed by atoms with van der Waals surface area (Å²) >= 11 is 1.79. The summed E-state index contributed by atoms with van der Waals surface area (Å²) in [5, 5.41) is 4.38. The van der Waals surface area contributed by atoms with E-state index in [1.165, 1.54) is 14.6 Å². The summed E-state index contributed by atoms with van der Waals surface area (Å²) in [6.45, 7) is 0.443. The fourth-order valence-corrected chi connectivity index (χ4v) is 5.41. The molecule has 4 rings (SSSR count). The molecule has 6 nitrogen and oxygen atoms in total. The monoisotopic (exact) mass is 413 g/mol. The van der Waals surface area contributed by atoms with Gasteiger partial charge in [0.1, 0.15) is 0 Å². The quantitative estimate of drug-likeness (QED) is 0.554. The van der Waals surface area contributed by atoms with Crippen molar-refractivity contribution in [3.05, 3.63) is 29.3 Å². The molecule has 2 heterocycles. The minimum Gasteiger partial charge on any atom is -0.353 e. The van der Waals surface area contributed by atoms with Crippen LogP contribution in [0.4, 0.5) is 0 Å². The average Bonchev–Trinajstić information content (AvgIpc) is 3.29. The lowest BCUT2D eigenvalue weighted by molar-refractivity contribution is -0.138. The van der Waals surface area contributed by atoms with Gasteiger partial charge in [-0.05, 0) is 50.7 Å². The molecular weight excluding hydrogens is 386 g/mol. The van der Waals surface area contributed by atoms with Gasteiger partial charge in [0.25, 0.3) is 0 Å². The summed E-state index contributed by atoms with van der Waals surface area (Å²) in [6.07, 6.45) is 6.60. The third-order valence-electron chi connectivity index (χ3n) is 5.94. The van der Waals surface area contributed by atoms with Gasteiger partial charge >= 0.3 is 0 Å². The summed E-state index contributed by atoms with van der Waals surface area (Å²) < 4.78 is 1.25. The molecule has 0 unspecified atom stereocenters. The van der Waals surface area contributed by atoms with Crippen molar-refractivity contribution in [1.82, 2.24) is 15.2 Å². The van der Waals surface area contributed by atoms with Gasteiger partial charge in [0.05, 0.1) is 15.2 Å². The van der Waals surface area contributed by atoms with E-state index in [-0.39, 0.29) is 23.8 Å². The van der Waals surface area contributed by atoms with Crippen LogP contribution >= 0.6 is 11.3 Å². The highest BCUT2D eigenvalue weighted by molar-refractivity contribution is 7.18. The van der Waals surface area contributed by atoms with Crippen LogP contribution in [0.1, 0.15) is 68.7 Å². The molecule has 1 saturated carbocycles. The SMILES string of the molecule is O=C(CCCCN1C(=O)CCC1=O)N[C@H]1CC[C@@H](c2nc3ccccc3s2)CC1. The fourth-order valence-electron chi connectivity index (χ4n) is 4.28. The summed E-state index contributed by atoms with van der Waals surface area (Å²) in [5.41, 5.74) is 1.08. The first-order chi connectivity index (χ1) is 14.1. The Balaban J connectivity index is 1.16. The molecule has 1 aromatic heterocycles. The molecular formula is C22H27N3O3S. The Labute approximate surface area is 174 Å². The highest BCUT2D eigenvalue weighted by Crippen LogP contribution is 2.36. The molecule has 1 N–H and O–H groups in total. The number of hydrogen-bond donors (Lipinski definition) is 1. The van der Waals surface area contributed by atoms with Crippen molar-refractivity contribution in [2.24, 2.45) is 0 Å². The van der Waals surface area contributed by atoms with E-state index in [0.29, 0.717) is 44.6 Å². The molecule has 0 radical (unpaired) electrons. The zero-order chi connectivity index (χ0) is 20.2. The molecule has 0 spiro atoms. The Hall–Kier alpha value is -2.28. The van der Waals surface area contributed by atoms with E-state index in [4.69, 9.17) is 4.98 Å². The van der Waals surface area contributed by atoms with Gasteiger partial charge in [0, 0.05) is 37.8 Å². The molecule has 1 saturated heterocycles. The van der Waals surface area contributed by atoms with Gasteiger partial charge in [-0.3, -0.25) is 19.3 Å². The van der Waals surface area contributed by atoms with Gasteiger partial charge in [-0.25, -0.2) is 4.98 Å². The zero-order valence-corrected chi connectivity index (χ0v) is 17.4. The van der Waals surface area contributed by atoms with E-state index in [9.17, 15) is 14.4 Å². The maximum absolute atomic E-state index is 12.2. The van der Waals surface area contributed by atoms with Gasteiger partial charge in [0.15, 0.2) is 0 Å². The molecule has 0 atom stereocenters. The van der Waals surface area contributed by atoms with E-state index in [2.05, 4.69) is 23.5 Å². The molecule has 29 heavy (non-hydrogen) atoms. The lowest BCUT2D eigenvalue weighted by atomic mass is 9.86. The Morgan fingerprint density at radius 2 is 1.79 bits per heavy atom. The van der Waals surface area contributed by atoms with Crippen molar-refractivity contribution in [2.75, 3.05) is 6.54 Å². The number of aromatic nitrogens is 1. The Bertz CT molecular complexity index is 853. The number of benzene rings is 1. The number of carbonyl (C=O) groups excluding carboxylic acids is 3. The second-order valence-electron chi connectivity index (χ2n) is 8.03. The number of hydrogen-bond acceptors (Lipinski definition) is 5. The van der Waals surface area contributed by atoms with Crippen molar-refractivity contribution in [3.8, 4) is 0 Å². The van der Waals surface area contributed by atoms with Gasteiger partial charge in [-0.2, -0.15) is 0 Å². The van der Waals surface area contributed by atoms with Crippen molar-refractivity contribution in [1.29, 1.82) is 0 Å². The molecule has 0 bridgehead atoms. The summed E-state index contributed by atoms with van der Waals surface area (Å²) in [5.74, 6) is 0.414. The van der Waals surface area contributed by atoms with Crippen molar-refractivity contribution >= 4 is 39.3 Å². The second kappa shape index (κ2) is 9.03. The number of carbonyl (C=O) groups is 3. The van der Waals surface area contributed by atoms with Crippen molar-refractivity contribution in [3.63, 3.8) is 0 Å². The molecule has 2 fully saturated rings. The first-order valence-electron chi connectivity index (χ1n) is 10.6. The van der Waals surface area contributed by atoms with Crippen LogP contribution in [0, 0.1) is 0 Å². The minimum atomic E-state index is -0.0793. The second-order valence-corrected chi connectivity index (χ2v) is 9.09. The third kappa shape index (κ3) is 4.83. The molecule has 1 aliphatic carbocycles. The van der Waals surface area contributed by atoms with Crippen molar-refractivity contribution < 1.29 is 14.4 Å². The number of para-hydroxylation sites is 1. The normalized spacial score (nSPS) is 22.4. The Morgan fingerprint density at radius 1 is 1.07 bits per heavy atom. The number of rotatable bonds is 7. The van der Waals surface area contributed by atoms with E-state index in [0.717, 1.165) is 31.2 Å². The van der Waals surface area contributed by atoms with Crippen LogP contribution < -0.4 is 5.32 Å². The smallest absolute Gasteiger partial charge is 0.229 e. The average molecular weight is 414 g/mol. The number of nitrogens with one attached hydrogen (secondary N) is 1. The summed E-state index contributed by atoms with van der Waals surface area (Å²) in [7, 11) is 0. The standard InChI is InChI=1S/C22H27N3O3S/c26-19(7-3-4-14-25-20(27)12-13-21(25)28)23-16-10-8-15(9-11-16)22-24-17-5-1-2-6-18(17)29-22/h1-2,5-6,15-16H,3-4,7-14H2,(H,23,26)/t15-,16+. The van der Waals surface area contributed by atoms with Crippen molar-refractivity contribution in [2.45, 2.75) is 69.7 Å². The van der Waals surface area contributed by atoms with Gasteiger partial charge in [-0.1, -0.05) is 12.1 Å². The molecule has 7 heteroatoms. The predicted octanol–water partition coefficient (Wildman–Crippen LogP) is 3.76. The number of thiazole rings is 1. The van der Waals surface area contributed by atoms with E-state index in [1.54, 1.807) is 11.3 Å². The minimum absolute atomic E-state index is 0.0764. The van der Waals surface area contributed by atoms with Crippen LogP contribution in [0.15, 0.2) is 24.3 Å². The highest BCUT2D eigenvalue weighted by Gasteiger charge is 2.28. The lowest BCUT2D eigenvalue weighted by Crippen LogP contribution is -2.37. The number of unbranched alkanes of at least 4 members (excludes halogenated alkanes) is 1. The lowest BCUT2D eigenvalue weighted by Gasteiger charge is -2.28. The van der Waals surface area contributed by atoms with Crippen LogP contribution in [0.2, 0.25) is 0 Å². The Morgan fingerprint density at radius 3 is 2.52 bits per heavy atom. The van der Waals surface area contributed by atoms with Gasteiger partial charge in [-0.15, -0.1) is 11.3 Å². The first-order valence-corrected chi connectivity index (χ1v) is 11.4. The molecule has 154 valence electrons. The maximum atomic E-state index is 12.2. The number of fused-ring (bicyclic) bond motifs is 1. The maximum Gasteiger partial charge on any atom is 0.229 e. The molecule has 3 amide bonds. The predicted molar refractivity (Wildman–Crippen MR) is 113 cm³/mol. The molecule has 2 aromatic rings. The van der Waals surface area contributed by atoms with Crippen LogP contribution in [0.3, 0.4) is 0 Å². The topological polar surface area (TPSA) is 79.4 Å². The van der Waals surface area contributed by atoms with E-state index in [1.807, 2.05) is 6.07 Å². The summed E-state index contributed by atoms with van der Waals surface area (Å²) in [4.78, 5) is 41.5. The van der Waals surface area contributed by atoms with E-state index >= 15 is 0 Å². The molecule has 1 aromatic carbocycles. The fraction of sp³-hybridized carbons (Fsp3) is 0.545. The molecule has 1 aliphatic heterocycles. The van der Waals surface area contributed by atoms with Crippen LogP contribution in [-0.2, 0) is 14.4 Å². The first kappa shape index (κ1) is 20.0. The number of likely N-dealkylation sites (tertiary alicyclic amines) is 1. The third-order valence-corrected chi connectivity index (χ3v) is 7.14. The molecule has 2 aliphatic rings. The Kier molecular flexibility index (Phi) is 6.23. The van der Waals surface area contributed by atoms with Crippen LogP contribution in [-0.4, -0.2) is 40.2 Å². The van der Waals surface area contributed by atoms with Gasteiger partial charge < -0.3 is 5.32 Å². The largest absolute Gasteiger partial charge is 0.353 e. The number of nitrogens with zero attached hydrogens (tertiary/aromatic N) is 2. The van der Waals surface area contributed by atoms with Crippen LogP contribution in [0.25, 0.3) is 10.2 Å². The number of imide groups is 1. The summed E-state index contributed by atoms with van der Waals surface area (Å²) in [6, 6.07) is 8.51. The highest BCUT2D eigenvalue weighted by atomic mass is 32.1. The van der Waals surface area contributed by atoms with E-state index < -0.39 is 0 Å². The van der Waals surface area contributed by atoms with Gasteiger partial charge in [0.2, 0.25) is 17.7 Å². The number of amides is 3.